The second-order valence-corrected chi connectivity index (χ2v) is 7.07. The highest BCUT2D eigenvalue weighted by Crippen LogP contribution is 2.29. The van der Waals surface area contributed by atoms with Crippen molar-refractivity contribution in [1.82, 2.24) is 14.5 Å². The van der Waals surface area contributed by atoms with Gasteiger partial charge in [0, 0.05) is 0 Å². The van der Waals surface area contributed by atoms with Crippen molar-refractivity contribution in [3.05, 3.63) is 59.7 Å². The number of carbonyl (C=O) groups is 1. The number of hydrogen-bond acceptors (Lipinski definition) is 6. The predicted octanol–water partition coefficient (Wildman–Crippen LogP) is 4.18. The molecule has 0 atom stereocenters. The molecule has 4 aromatic rings. The van der Waals surface area contributed by atoms with Crippen LogP contribution in [0.3, 0.4) is 0 Å². The number of nitrogen functional groups attached to an aromatic ring is 1. The van der Waals surface area contributed by atoms with E-state index in [1.165, 1.54) is 0 Å². The van der Waals surface area contributed by atoms with Gasteiger partial charge in [-0.05, 0) is 36.2 Å². The Hall–Kier alpha value is -3.61. The predicted molar refractivity (Wildman–Crippen MR) is 117 cm³/mol. The van der Waals surface area contributed by atoms with E-state index in [0.717, 1.165) is 29.7 Å². The molecule has 2 aromatic heterocycles. The molecule has 4 rings (SSSR count). The van der Waals surface area contributed by atoms with Crippen LogP contribution >= 0.6 is 0 Å². The summed E-state index contributed by atoms with van der Waals surface area (Å²) in [5.41, 5.74) is 10.2. The molecule has 2 aromatic carbocycles. The fraction of sp³-hybridized carbons (Fsp3) is 0.261. The van der Waals surface area contributed by atoms with Crippen molar-refractivity contribution in [3.8, 4) is 5.75 Å². The average Bonchev–Trinajstić information content (AvgIpc) is 3.03. The lowest BCUT2D eigenvalue weighted by Crippen LogP contribution is -2.11. The number of rotatable bonds is 7. The van der Waals surface area contributed by atoms with E-state index in [9.17, 15) is 4.79 Å². The highest BCUT2D eigenvalue weighted by Gasteiger charge is 2.25. The molecule has 0 saturated heterocycles. The van der Waals surface area contributed by atoms with E-state index in [1.54, 1.807) is 7.11 Å². The molecule has 7 heteroatoms. The van der Waals surface area contributed by atoms with Crippen LogP contribution in [0.5, 0.6) is 5.75 Å². The Labute approximate surface area is 174 Å². The standard InChI is InChI=1S/C23H24N4O3/c1-3-4-13-30-23(28)19-20-22(26-18-8-6-5-7-17(18)25-20)27(21(19)24)14-15-9-11-16(29-2)12-10-15/h5-12H,3-4,13-14,24H2,1-2H3. The number of aromatic nitrogens is 3. The topological polar surface area (TPSA) is 92.3 Å². The molecule has 0 fully saturated rings. The largest absolute Gasteiger partial charge is 0.497 e. The molecule has 0 aliphatic carbocycles. The van der Waals surface area contributed by atoms with Crippen LogP contribution in [-0.4, -0.2) is 34.2 Å². The first-order chi connectivity index (χ1) is 14.6. The van der Waals surface area contributed by atoms with Crippen LogP contribution in [0.4, 0.5) is 5.82 Å². The van der Waals surface area contributed by atoms with Gasteiger partial charge in [-0.2, -0.15) is 0 Å². The third-order valence-electron chi connectivity index (χ3n) is 5.03. The van der Waals surface area contributed by atoms with Gasteiger partial charge >= 0.3 is 5.97 Å². The number of benzene rings is 2. The van der Waals surface area contributed by atoms with Crippen LogP contribution < -0.4 is 10.5 Å². The van der Waals surface area contributed by atoms with Gasteiger partial charge in [0.1, 0.15) is 22.6 Å². The minimum atomic E-state index is -0.469. The number of anilines is 1. The molecule has 0 unspecified atom stereocenters. The number of hydrogen-bond donors (Lipinski definition) is 1. The van der Waals surface area contributed by atoms with E-state index in [4.69, 9.17) is 25.2 Å². The summed E-state index contributed by atoms with van der Waals surface area (Å²) in [6, 6.07) is 15.2. The first-order valence-electron chi connectivity index (χ1n) is 9.97. The van der Waals surface area contributed by atoms with Gasteiger partial charge in [0.2, 0.25) is 0 Å². The number of nitrogens with two attached hydrogens (primary N) is 1. The van der Waals surface area contributed by atoms with Crippen LogP contribution in [0.2, 0.25) is 0 Å². The SMILES string of the molecule is CCCCOC(=O)c1c(N)n(Cc2ccc(OC)cc2)c2nc3ccccc3nc12. The molecule has 0 radical (unpaired) electrons. The van der Waals surface area contributed by atoms with Crippen molar-refractivity contribution in [2.45, 2.75) is 26.3 Å². The Morgan fingerprint density at radius 2 is 1.77 bits per heavy atom. The molecule has 30 heavy (non-hydrogen) atoms. The van der Waals surface area contributed by atoms with E-state index >= 15 is 0 Å². The minimum absolute atomic E-state index is 0.271. The molecule has 154 valence electrons. The summed E-state index contributed by atoms with van der Waals surface area (Å²) >= 11 is 0. The minimum Gasteiger partial charge on any atom is -0.497 e. The zero-order valence-corrected chi connectivity index (χ0v) is 17.1. The number of methoxy groups -OCH3 is 1. The van der Waals surface area contributed by atoms with Gasteiger partial charge in [-0.1, -0.05) is 37.6 Å². The Balaban J connectivity index is 1.84. The van der Waals surface area contributed by atoms with E-state index in [-0.39, 0.29) is 5.56 Å². The van der Waals surface area contributed by atoms with Crippen molar-refractivity contribution in [1.29, 1.82) is 0 Å². The highest BCUT2D eigenvalue weighted by atomic mass is 16.5. The monoisotopic (exact) mass is 404 g/mol. The number of para-hydroxylation sites is 2. The molecule has 0 amide bonds. The first kappa shape index (κ1) is 19.7. The lowest BCUT2D eigenvalue weighted by molar-refractivity contribution is 0.0503. The zero-order valence-electron chi connectivity index (χ0n) is 17.1. The second kappa shape index (κ2) is 8.41. The molecule has 7 nitrogen and oxygen atoms in total. The molecule has 0 aliphatic rings. The summed E-state index contributed by atoms with van der Waals surface area (Å²) in [5.74, 6) is 0.608. The van der Waals surface area contributed by atoms with E-state index in [0.29, 0.717) is 35.7 Å². The summed E-state index contributed by atoms with van der Waals surface area (Å²) in [5, 5.41) is 0. The fourth-order valence-electron chi connectivity index (χ4n) is 3.37. The molecule has 0 saturated carbocycles. The Bertz CT molecular complexity index is 1200. The van der Waals surface area contributed by atoms with Crippen molar-refractivity contribution < 1.29 is 14.3 Å². The molecule has 2 heterocycles. The Morgan fingerprint density at radius 1 is 1.07 bits per heavy atom. The Kier molecular flexibility index (Phi) is 5.52. The summed E-state index contributed by atoms with van der Waals surface area (Å²) in [6.45, 7) is 2.84. The van der Waals surface area contributed by atoms with Crippen molar-refractivity contribution >= 4 is 34.0 Å². The summed E-state index contributed by atoms with van der Waals surface area (Å²) < 4.78 is 12.5. The maximum absolute atomic E-state index is 12.8. The van der Waals surface area contributed by atoms with Gasteiger partial charge in [-0.15, -0.1) is 0 Å². The molecule has 0 spiro atoms. The number of carbonyl (C=O) groups excluding carboxylic acids is 1. The maximum atomic E-state index is 12.8. The van der Waals surface area contributed by atoms with Crippen LogP contribution in [0.1, 0.15) is 35.7 Å². The average molecular weight is 404 g/mol. The third-order valence-corrected chi connectivity index (χ3v) is 5.03. The molecule has 0 bridgehead atoms. The van der Waals surface area contributed by atoms with Crippen molar-refractivity contribution in [3.63, 3.8) is 0 Å². The van der Waals surface area contributed by atoms with Gasteiger partial charge in [0.15, 0.2) is 5.65 Å². The number of unbranched alkanes of at least 4 members (excludes halogenated alkanes) is 1. The van der Waals surface area contributed by atoms with E-state index < -0.39 is 5.97 Å². The lowest BCUT2D eigenvalue weighted by Gasteiger charge is -2.09. The maximum Gasteiger partial charge on any atom is 0.344 e. The summed E-state index contributed by atoms with van der Waals surface area (Å²) in [6.07, 6.45) is 1.73. The first-order valence-corrected chi connectivity index (χ1v) is 9.97. The van der Waals surface area contributed by atoms with Gasteiger partial charge in [-0.25, -0.2) is 14.8 Å². The van der Waals surface area contributed by atoms with E-state index in [2.05, 4.69) is 0 Å². The highest BCUT2D eigenvalue weighted by molar-refractivity contribution is 6.08. The van der Waals surface area contributed by atoms with E-state index in [1.807, 2.05) is 60.0 Å². The molecular weight excluding hydrogens is 380 g/mol. The zero-order chi connectivity index (χ0) is 21.1. The number of nitrogens with zero attached hydrogens (tertiary/aromatic N) is 3. The second-order valence-electron chi connectivity index (χ2n) is 7.07. The van der Waals surface area contributed by atoms with Gasteiger partial charge in [0.25, 0.3) is 0 Å². The smallest absolute Gasteiger partial charge is 0.344 e. The molecule has 0 aliphatic heterocycles. The quantitative estimate of drug-likeness (QED) is 0.367. The van der Waals surface area contributed by atoms with Gasteiger partial charge in [-0.3, -0.25) is 0 Å². The summed E-state index contributed by atoms with van der Waals surface area (Å²) in [4.78, 5) is 22.3. The molecule has 2 N–H and O–H groups in total. The van der Waals surface area contributed by atoms with Crippen molar-refractivity contribution in [2.75, 3.05) is 19.5 Å². The lowest BCUT2D eigenvalue weighted by atomic mass is 10.2. The third kappa shape index (κ3) is 3.66. The van der Waals surface area contributed by atoms with Crippen LogP contribution in [0.15, 0.2) is 48.5 Å². The Morgan fingerprint density at radius 3 is 2.43 bits per heavy atom. The van der Waals surface area contributed by atoms with Crippen molar-refractivity contribution in [2.24, 2.45) is 0 Å². The number of fused-ring (bicyclic) bond motifs is 2. The number of ether oxygens (including phenoxy) is 2. The van der Waals surface area contributed by atoms with Crippen LogP contribution in [-0.2, 0) is 11.3 Å². The van der Waals surface area contributed by atoms with Gasteiger partial charge < -0.3 is 19.8 Å². The van der Waals surface area contributed by atoms with Crippen LogP contribution in [0, 0.1) is 0 Å². The van der Waals surface area contributed by atoms with Gasteiger partial charge in [0.05, 0.1) is 31.3 Å². The normalized spacial score (nSPS) is 11.1. The molecular formula is C23H24N4O3. The van der Waals surface area contributed by atoms with Crippen LogP contribution in [0.25, 0.3) is 22.2 Å². The summed E-state index contributed by atoms with van der Waals surface area (Å²) in [7, 11) is 1.63. The fourth-order valence-corrected chi connectivity index (χ4v) is 3.37. The number of esters is 1.